The van der Waals surface area contributed by atoms with Crippen molar-refractivity contribution in [3.8, 4) is 0 Å². The van der Waals surface area contributed by atoms with Crippen LogP contribution < -0.4 is 4.90 Å². The van der Waals surface area contributed by atoms with Gasteiger partial charge in [0.05, 0.1) is 18.1 Å². The first-order valence-corrected chi connectivity index (χ1v) is 8.44. The highest BCUT2D eigenvalue weighted by molar-refractivity contribution is 7.88. The highest BCUT2D eigenvalue weighted by Gasteiger charge is 2.24. The summed E-state index contributed by atoms with van der Waals surface area (Å²) < 4.78 is 24.2. The lowest BCUT2D eigenvalue weighted by Gasteiger charge is -2.32. The van der Waals surface area contributed by atoms with Crippen molar-refractivity contribution in [1.29, 1.82) is 0 Å². The summed E-state index contributed by atoms with van der Waals surface area (Å²) in [5.41, 5.74) is 0.667. The lowest BCUT2D eigenvalue weighted by Crippen LogP contribution is -2.48. The Bertz CT molecular complexity index is 504. The summed E-state index contributed by atoms with van der Waals surface area (Å²) in [5.74, 6) is 0. The molecule has 0 aromatic carbocycles. The molecule has 1 fully saturated rings. The summed E-state index contributed by atoms with van der Waals surface area (Å²) in [4.78, 5) is 6.40. The van der Waals surface area contributed by atoms with Gasteiger partial charge < -0.3 is 10.0 Å². The maximum absolute atomic E-state index is 11.4. The van der Waals surface area contributed by atoms with Crippen LogP contribution in [0.2, 0.25) is 0 Å². The second-order valence-electron chi connectivity index (χ2n) is 4.38. The number of sulfonamides is 1. The molecule has 1 unspecified atom stereocenters. The van der Waals surface area contributed by atoms with Crippen LogP contribution in [0.5, 0.6) is 0 Å². The van der Waals surface area contributed by atoms with E-state index in [-0.39, 0.29) is 0 Å². The van der Waals surface area contributed by atoms with Crippen LogP contribution >= 0.6 is 11.3 Å². The average molecular weight is 291 g/mol. The quantitative estimate of drug-likeness (QED) is 0.866. The third kappa shape index (κ3) is 3.00. The molecule has 1 aliphatic heterocycles. The Morgan fingerprint density at radius 1 is 1.39 bits per heavy atom. The van der Waals surface area contributed by atoms with Crippen molar-refractivity contribution in [3.63, 3.8) is 0 Å². The van der Waals surface area contributed by atoms with Crippen LogP contribution in [0.3, 0.4) is 0 Å². The Labute approximate surface area is 111 Å². The van der Waals surface area contributed by atoms with Crippen LogP contribution in [-0.2, 0) is 10.0 Å². The number of rotatable bonds is 3. The number of aliphatic hydroxyl groups is 1. The molecule has 18 heavy (non-hydrogen) atoms. The van der Waals surface area contributed by atoms with E-state index in [1.54, 1.807) is 6.92 Å². The molecule has 0 bridgehead atoms. The molecular formula is C10H17N3O3S2. The molecule has 1 aromatic heterocycles. The molecule has 1 saturated heterocycles. The topological polar surface area (TPSA) is 73.7 Å². The summed E-state index contributed by atoms with van der Waals surface area (Å²) in [6.07, 6.45) is 0.671. The maximum atomic E-state index is 11.4. The van der Waals surface area contributed by atoms with Crippen molar-refractivity contribution in [1.82, 2.24) is 9.29 Å². The van der Waals surface area contributed by atoms with Crippen molar-refractivity contribution >= 4 is 26.5 Å². The highest BCUT2D eigenvalue weighted by atomic mass is 32.2. The van der Waals surface area contributed by atoms with Gasteiger partial charge in [0.2, 0.25) is 10.0 Å². The summed E-state index contributed by atoms with van der Waals surface area (Å²) in [6, 6.07) is 0. The van der Waals surface area contributed by atoms with Crippen molar-refractivity contribution in [2.45, 2.75) is 13.0 Å². The van der Waals surface area contributed by atoms with E-state index < -0.39 is 16.1 Å². The van der Waals surface area contributed by atoms with Gasteiger partial charge in [-0.25, -0.2) is 13.4 Å². The summed E-state index contributed by atoms with van der Waals surface area (Å²) >= 11 is 1.48. The van der Waals surface area contributed by atoms with E-state index in [1.165, 1.54) is 21.9 Å². The Balaban J connectivity index is 2.01. The molecule has 1 aromatic rings. The van der Waals surface area contributed by atoms with E-state index in [2.05, 4.69) is 9.88 Å². The first-order valence-electron chi connectivity index (χ1n) is 5.71. The van der Waals surface area contributed by atoms with E-state index in [1.807, 2.05) is 5.38 Å². The van der Waals surface area contributed by atoms with Gasteiger partial charge >= 0.3 is 0 Å². The highest BCUT2D eigenvalue weighted by Crippen LogP contribution is 2.25. The van der Waals surface area contributed by atoms with Gasteiger partial charge in [0.15, 0.2) is 5.13 Å². The Morgan fingerprint density at radius 3 is 2.44 bits per heavy atom. The first-order chi connectivity index (χ1) is 8.38. The standard InChI is InChI=1S/C10H17N3O3S2/c1-8(14)9-7-17-10(11-9)12-3-5-13(6-4-12)18(2,15)16/h7-8,14H,3-6H2,1-2H3. The minimum absolute atomic E-state index is 0.489. The molecule has 8 heteroatoms. The molecule has 0 saturated carbocycles. The molecule has 0 spiro atoms. The molecule has 1 aliphatic rings. The van der Waals surface area contributed by atoms with E-state index in [9.17, 15) is 13.5 Å². The van der Waals surface area contributed by atoms with Gasteiger partial charge in [-0.3, -0.25) is 0 Å². The number of thiazole rings is 1. The molecular weight excluding hydrogens is 274 g/mol. The normalized spacial score (nSPS) is 20.1. The minimum atomic E-state index is -3.09. The molecule has 2 heterocycles. The lowest BCUT2D eigenvalue weighted by atomic mass is 10.3. The summed E-state index contributed by atoms with van der Waals surface area (Å²) in [7, 11) is -3.09. The Hall–Kier alpha value is -0.700. The largest absolute Gasteiger partial charge is 0.387 e. The molecule has 6 nitrogen and oxygen atoms in total. The molecule has 2 rings (SSSR count). The summed E-state index contributed by atoms with van der Waals surface area (Å²) in [6.45, 7) is 3.94. The van der Waals surface area contributed by atoms with Crippen LogP contribution in [0, 0.1) is 0 Å². The first kappa shape index (κ1) is 13.7. The van der Waals surface area contributed by atoms with Crippen LogP contribution in [0.4, 0.5) is 5.13 Å². The van der Waals surface area contributed by atoms with Crippen molar-refractivity contribution in [3.05, 3.63) is 11.1 Å². The maximum Gasteiger partial charge on any atom is 0.211 e. The van der Waals surface area contributed by atoms with E-state index in [0.717, 1.165) is 5.13 Å². The number of hydrogen-bond acceptors (Lipinski definition) is 6. The molecule has 0 aliphatic carbocycles. The molecule has 0 amide bonds. The number of aromatic nitrogens is 1. The van der Waals surface area contributed by atoms with Crippen LogP contribution in [0.1, 0.15) is 18.7 Å². The minimum Gasteiger partial charge on any atom is -0.387 e. The van der Waals surface area contributed by atoms with Gasteiger partial charge in [0, 0.05) is 31.6 Å². The third-order valence-electron chi connectivity index (χ3n) is 2.92. The van der Waals surface area contributed by atoms with Crippen molar-refractivity contribution in [2.24, 2.45) is 0 Å². The van der Waals surface area contributed by atoms with Gasteiger partial charge in [0.25, 0.3) is 0 Å². The third-order valence-corrected chi connectivity index (χ3v) is 5.14. The smallest absolute Gasteiger partial charge is 0.211 e. The molecule has 1 atom stereocenters. The average Bonchev–Trinajstić information content (AvgIpc) is 2.77. The second kappa shape index (κ2) is 5.12. The van der Waals surface area contributed by atoms with Gasteiger partial charge in [-0.2, -0.15) is 4.31 Å². The fourth-order valence-corrected chi connectivity index (χ4v) is 3.62. The van der Waals surface area contributed by atoms with Gasteiger partial charge in [-0.15, -0.1) is 11.3 Å². The van der Waals surface area contributed by atoms with E-state index >= 15 is 0 Å². The zero-order valence-electron chi connectivity index (χ0n) is 10.4. The van der Waals surface area contributed by atoms with Crippen LogP contribution in [0.15, 0.2) is 5.38 Å². The Morgan fingerprint density at radius 2 is 2.00 bits per heavy atom. The van der Waals surface area contributed by atoms with E-state index in [4.69, 9.17) is 0 Å². The second-order valence-corrected chi connectivity index (χ2v) is 7.20. The van der Waals surface area contributed by atoms with Gasteiger partial charge in [-0.1, -0.05) is 0 Å². The fourth-order valence-electron chi connectivity index (χ4n) is 1.82. The predicted octanol–water partition coefficient (Wildman–Crippen LogP) is 0.278. The fraction of sp³-hybridized carbons (Fsp3) is 0.700. The zero-order chi connectivity index (χ0) is 13.3. The predicted molar refractivity (Wildman–Crippen MR) is 71.4 cm³/mol. The number of hydrogen-bond donors (Lipinski definition) is 1. The number of aliphatic hydroxyl groups excluding tert-OH is 1. The molecule has 102 valence electrons. The lowest BCUT2D eigenvalue weighted by molar-refractivity contribution is 0.195. The van der Waals surface area contributed by atoms with Gasteiger partial charge in [0.1, 0.15) is 0 Å². The summed E-state index contributed by atoms with van der Waals surface area (Å²) in [5, 5.41) is 12.1. The Kier molecular flexibility index (Phi) is 3.90. The monoisotopic (exact) mass is 291 g/mol. The van der Waals surface area contributed by atoms with Crippen molar-refractivity contribution < 1.29 is 13.5 Å². The number of anilines is 1. The zero-order valence-corrected chi connectivity index (χ0v) is 12.0. The van der Waals surface area contributed by atoms with Crippen molar-refractivity contribution in [2.75, 3.05) is 37.3 Å². The van der Waals surface area contributed by atoms with Crippen LogP contribution in [-0.4, -0.2) is 55.2 Å². The van der Waals surface area contributed by atoms with Gasteiger partial charge in [-0.05, 0) is 6.92 Å². The molecule has 1 N–H and O–H groups in total. The SMILES string of the molecule is CC(O)c1csc(N2CCN(S(C)(=O)=O)CC2)n1. The van der Waals surface area contributed by atoms with Crippen LogP contribution in [0.25, 0.3) is 0 Å². The number of piperazine rings is 1. The molecule has 0 radical (unpaired) electrons. The van der Waals surface area contributed by atoms with E-state index in [0.29, 0.717) is 31.9 Å². The number of nitrogens with zero attached hydrogens (tertiary/aromatic N) is 3.